The van der Waals surface area contributed by atoms with Crippen molar-refractivity contribution < 1.29 is 9.59 Å². The lowest BCUT2D eigenvalue weighted by molar-refractivity contribution is -0.130. The Kier molecular flexibility index (Phi) is 7.39. The molecule has 2 N–H and O–H groups in total. The predicted octanol–water partition coefficient (Wildman–Crippen LogP) is 4.10. The number of rotatable bonds is 5. The number of nitrogens with zero attached hydrogens (tertiary/aromatic N) is 1. The summed E-state index contributed by atoms with van der Waals surface area (Å²) in [6.45, 7) is 1.44. The van der Waals surface area contributed by atoms with Crippen LogP contribution < -0.4 is 10.6 Å². The molecule has 1 aliphatic heterocycles. The van der Waals surface area contributed by atoms with Crippen LogP contribution in [0.15, 0.2) is 11.8 Å². The molecule has 26 heavy (non-hydrogen) atoms. The van der Waals surface area contributed by atoms with E-state index in [4.69, 9.17) is 0 Å². The van der Waals surface area contributed by atoms with Crippen molar-refractivity contribution in [3.63, 3.8) is 0 Å². The van der Waals surface area contributed by atoms with E-state index in [1.54, 1.807) is 0 Å². The second kappa shape index (κ2) is 9.98. The molecule has 5 heteroatoms. The molecule has 3 aliphatic rings. The van der Waals surface area contributed by atoms with Gasteiger partial charge in [-0.15, -0.1) is 0 Å². The molecule has 0 aromatic carbocycles. The highest BCUT2D eigenvalue weighted by atomic mass is 16.2. The van der Waals surface area contributed by atoms with Gasteiger partial charge in [-0.25, -0.2) is 4.79 Å². The SMILES string of the molecule is O=C(NCCCC(=O)N1CCCC2CCCC=C21)NC1CCCCCC1. The summed E-state index contributed by atoms with van der Waals surface area (Å²) in [5, 5.41) is 6.02. The van der Waals surface area contributed by atoms with Crippen LogP contribution in [0.4, 0.5) is 4.79 Å². The van der Waals surface area contributed by atoms with Gasteiger partial charge >= 0.3 is 6.03 Å². The standard InChI is InChI=1S/C21H35N3O2/c25-20(24-16-8-10-17-9-5-6-13-19(17)24)14-7-15-22-21(26)23-18-11-3-1-2-4-12-18/h13,17-18H,1-12,14-16H2,(H2,22,23,26). The molecule has 0 spiro atoms. The summed E-state index contributed by atoms with van der Waals surface area (Å²) in [5.74, 6) is 0.832. The highest BCUT2D eigenvalue weighted by Gasteiger charge is 2.29. The highest BCUT2D eigenvalue weighted by Crippen LogP contribution is 2.35. The number of fused-ring (bicyclic) bond motifs is 1. The van der Waals surface area contributed by atoms with Crippen LogP contribution in [0.1, 0.15) is 83.5 Å². The minimum Gasteiger partial charge on any atom is -0.338 e. The van der Waals surface area contributed by atoms with Gasteiger partial charge < -0.3 is 15.5 Å². The number of allylic oxidation sites excluding steroid dienone is 2. The first kappa shape index (κ1) is 19.2. The fourth-order valence-electron chi connectivity index (χ4n) is 4.68. The number of carbonyl (C=O) groups excluding carboxylic acids is 2. The lowest BCUT2D eigenvalue weighted by Crippen LogP contribution is -2.42. The summed E-state index contributed by atoms with van der Waals surface area (Å²) >= 11 is 0. The molecular formula is C21H35N3O2. The van der Waals surface area contributed by atoms with Crippen LogP contribution in [0.3, 0.4) is 0 Å². The summed E-state index contributed by atoms with van der Waals surface area (Å²) in [7, 11) is 0. The van der Waals surface area contributed by atoms with Crippen molar-refractivity contribution in [3.05, 3.63) is 11.8 Å². The average Bonchev–Trinajstić information content (AvgIpc) is 2.93. The molecule has 146 valence electrons. The van der Waals surface area contributed by atoms with Crippen LogP contribution in [0.25, 0.3) is 0 Å². The largest absolute Gasteiger partial charge is 0.338 e. The molecule has 1 atom stereocenters. The van der Waals surface area contributed by atoms with Crippen molar-refractivity contribution in [3.8, 4) is 0 Å². The molecule has 0 bridgehead atoms. The zero-order valence-electron chi connectivity index (χ0n) is 16.1. The maximum atomic E-state index is 12.6. The number of hydrogen-bond acceptors (Lipinski definition) is 2. The van der Waals surface area contributed by atoms with E-state index in [0.29, 0.717) is 31.3 Å². The maximum absolute atomic E-state index is 12.6. The number of hydrogen-bond donors (Lipinski definition) is 2. The topological polar surface area (TPSA) is 61.4 Å². The molecule has 2 aliphatic carbocycles. The molecular weight excluding hydrogens is 326 g/mol. The number of piperidine rings is 1. The summed E-state index contributed by atoms with van der Waals surface area (Å²) in [4.78, 5) is 26.7. The van der Waals surface area contributed by atoms with Crippen LogP contribution in [-0.4, -0.2) is 36.0 Å². The minimum absolute atomic E-state index is 0.0719. The third-order valence-electron chi connectivity index (χ3n) is 6.12. The van der Waals surface area contributed by atoms with E-state index < -0.39 is 0 Å². The smallest absolute Gasteiger partial charge is 0.315 e. The Hall–Kier alpha value is -1.52. The molecule has 1 heterocycles. The third kappa shape index (κ3) is 5.49. The number of urea groups is 1. The van der Waals surface area contributed by atoms with Gasteiger partial charge in [-0.3, -0.25) is 4.79 Å². The van der Waals surface area contributed by atoms with Gasteiger partial charge in [0.15, 0.2) is 0 Å². The molecule has 0 radical (unpaired) electrons. The van der Waals surface area contributed by atoms with Gasteiger partial charge in [0.25, 0.3) is 0 Å². The average molecular weight is 362 g/mol. The van der Waals surface area contributed by atoms with Crippen molar-refractivity contribution in [1.82, 2.24) is 15.5 Å². The van der Waals surface area contributed by atoms with Crippen molar-refractivity contribution in [2.75, 3.05) is 13.1 Å². The van der Waals surface area contributed by atoms with E-state index in [2.05, 4.69) is 16.7 Å². The van der Waals surface area contributed by atoms with Crippen molar-refractivity contribution in [2.45, 2.75) is 89.5 Å². The second-order valence-corrected chi connectivity index (χ2v) is 8.14. The zero-order chi connectivity index (χ0) is 18.2. The first-order valence-corrected chi connectivity index (χ1v) is 10.8. The van der Waals surface area contributed by atoms with Crippen LogP contribution >= 0.6 is 0 Å². The van der Waals surface area contributed by atoms with Gasteiger partial charge in [-0.2, -0.15) is 0 Å². The van der Waals surface area contributed by atoms with E-state index in [1.807, 2.05) is 4.90 Å². The number of carbonyl (C=O) groups is 2. The zero-order valence-corrected chi connectivity index (χ0v) is 16.1. The van der Waals surface area contributed by atoms with E-state index in [9.17, 15) is 9.59 Å². The predicted molar refractivity (Wildman–Crippen MR) is 104 cm³/mol. The summed E-state index contributed by atoms with van der Waals surface area (Å²) in [6.07, 6.45) is 16.7. The number of likely N-dealkylation sites (tertiary alicyclic amines) is 1. The first-order chi connectivity index (χ1) is 12.7. The highest BCUT2D eigenvalue weighted by molar-refractivity contribution is 5.78. The Bertz CT molecular complexity index is 509. The van der Waals surface area contributed by atoms with Crippen molar-refractivity contribution in [2.24, 2.45) is 5.92 Å². The quantitative estimate of drug-likeness (QED) is 0.572. The fourth-order valence-corrected chi connectivity index (χ4v) is 4.68. The van der Waals surface area contributed by atoms with Gasteiger partial charge in [0.2, 0.25) is 5.91 Å². The Morgan fingerprint density at radius 3 is 2.58 bits per heavy atom. The van der Waals surface area contributed by atoms with E-state index >= 15 is 0 Å². The van der Waals surface area contributed by atoms with E-state index in [1.165, 1.54) is 50.6 Å². The lowest BCUT2D eigenvalue weighted by Gasteiger charge is -2.38. The molecule has 3 amide bonds. The Morgan fingerprint density at radius 1 is 1.00 bits per heavy atom. The second-order valence-electron chi connectivity index (χ2n) is 8.14. The van der Waals surface area contributed by atoms with Gasteiger partial charge in [0.05, 0.1) is 0 Å². The molecule has 0 aromatic heterocycles. The Balaban J connectivity index is 1.34. The molecule has 1 unspecified atom stereocenters. The fraction of sp³-hybridized carbons (Fsp3) is 0.810. The Morgan fingerprint density at radius 2 is 1.77 bits per heavy atom. The molecule has 1 saturated carbocycles. The van der Waals surface area contributed by atoms with Gasteiger partial charge in [0, 0.05) is 31.2 Å². The van der Waals surface area contributed by atoms with Crippen LogP contribution in [-0.2, 0) is 4.79 Å². The van der Waals surface area contributed by atoms with Gasteiger partial charge in [-0.05, 0) is 57.3 Å². The van der Waals surface area contributed by atoms with E-state index in [-0.39, 0.29) is 11.9 Å². The van der Waals surface area contributed by atoms with Gasteiger partial charge in [-0.1, -0.05) is 31.8 Å². The van der Waals surface area contributed by atoms with Gasteiger partial charge in [0.1, 0.15) is 0 Å². The maximum Gasteiger partial charge on any atom is 0.315 e. The number of amides is 3. The molecule has 5 nitrogen and oxygen atoms in total. The molecule has 0 aromatic rings. The lowest BCUT2D eigenvalue weighted by atomic mass is 9.85. The summed E-state index contributed by atoms with van der Waals surface area (Å²) in [5.41, 5.74) is 1.28. The minimum atomic E-state index is -0.0719. The van der Waals surface area contributed by atoms with Crippen molar-refractivity contribution >= 4 is 11.9 Å². The van der Waals surface area contributed by atoms with Crippen molar-refractivity contribution in [1.29, 1.82) is 0 Å². The van der Waals surface area contributed by atoms with Crippen LogP contribution in [0.2, 0.25) is 0 Å². The number of nitrogens with one attached hydrogen (secondary N) is 2. The Labute approximate surface area is 158 Å². The molecule has 1 saturated heterocycles. The third-order valence-corrected chi connectivity index (χ3v) is 6.12. The normalized spacial score (nSPS) is 24.2. The van der Waals surface area contributed by atoms with Crippen LogP contribution in [0.5, 0.6) is 0 Å². The summed E-state index contributed by atoms with van der Waals surface area (Å²) in [6, 6.07) is 0.250. The van der Waals surface area contributed by atoms with Crippen LogP contribution in [0, 0.1) is 5.92 Å². The molecule has 2 fully saturated rings. The first-order valence-electron chi connectivity index (χ1n) is 10.8. The van der Waals surface area contributed by atoms with E-state index in [0.717, 1.165) is 32.2 Å². The summed E-state index contributed by atoms with van der Waals surface area (Å²) < 4.78 is 0. The monoisotopic (exact) mass is 361 g/mol. The molecule has 3 rings (SSSR count).